The Labute approximate surface area is 135 Å². The van der Waals surface area contributed by atoms with Crippen LogP contribution < -0.4 is 5.32 Å². The third-order valence-corrected chi connectivity index (χ3v) is 3.61. The van der Waals surface area contributed by atoms with Crippen LogP contribution in [0.5, 0.6) is 0 Å². The lowest BCUT2D eigenvalue weighted by atomic mass is 10.2. The summed E-state index contributed by atoms with van der Waals surface area (Å²) < 4.78 is 30.8. The quantitative estimate of drug-likeness (QED) is 0.670. The maximum Gasteiger partial charge on any atom is 0.338 e. The zero-order valence-electron chi connectivity index (χ0n) is 12.1. The van der Waals surface area contributed by atoms with Gasteiger partial charge in [0, 0.05) is 11.0 Å². The number of rotatable bonds is 5. The lowest BCUT2D eigenvalue weighted by Gasteiger charge is -2.09. The highest BCUT2D eigenvalue weighted by Gasteiger charge is 2.13. The number of anilines is 1. The van der Waals surface area contributed by atoms with E-state index in [4.69, 9.17) is 4.74 Å². The van der Waals surface area contributed by atoms with Gasteiger partial charge < -0.3 is 10.1 Å². The lowest BCUT2D eigenvalue weighted by Crippen LogP contribution is -2.21. The number of nitrogens with one attached hydrogen (secondary N) is 1. The number of ether oxygens (including phenoxy) is 1. The molecule has 0 aliphatic rings. The van der Waals surface area contributed by atoms with Crippen molar-refractivity contribution in [3.63, 3.8) is 0 Å². The molecule has 23 heavy (non-hydrogen) atoms. The molecule has 0 spiro atoms. The van der Waals surface area contributed by atoms with E-state index in [2.05, 4.69) is 5.32 Å². The van der Waals surface area contributed by atoms with Gasteiger partial charge in [0.2, 0.25) is 0 Å². The molecule has 7 heteroatoms. The number of carbonyl (C=O) groups is 2. The van der Waals surface area contributed by atoms with Gasteiger partial charge in [0.25, 0.3) is 5.91 Å². The zero-order chi connectivity index (χ0) is 16.8. The molecule has 0 fully saturated rings. The number of para-hydroxylation sites is 1. The summed E-state index contributed by atoms with van der Waals surface area (Å²) in [6.07, 6.45) is 1.86. The Morgan fingerprint density at radius 1 is 1.13 bits per heavy atom. The number of hydrogen-bond donors (Lipinski definition) is 1. The maximum atomic E-state index is 13.0. The predicted octanol–water partition coefficient (Wildman–Crippen LogP) is 3.48. The van der Waals surface area contributed by atoms with Gasteiger partial charge in [0.05, 0.1) is 11.3 Å². The first-order chi connectivity index (χ1) is 11.0. The molecule has 0 heterocycles. The Balaban J connectivity index is 1.95. The zero-order valence-corrected chi connectivity index (χ0v) is 13.0. The average molecular weight is 337 g/mol. The third-order valence-electron chi connectivity index (χ3n) is 2.81. The number of benzene rings is 2. The van der Waals surface area contributed by atoms with Gasteiger partial charge in [-0.25, -0.2) is 13.6 Å². The third kappa shape index (κ3) is 4.79. The van der Waals surface area contributed by atoms with Gasteiger partial charge in [-0.15, -0.1) is 11.8 Å². The fraction of sp³-hybridized carbons (Fsp3) is 0.125. The highest BCUT2D eigenvalue weighted by Crippen LogP contribution is 2.24. The molecule has 1 N–H and O–H groups in total. The van der Waals surface area contributed by atoms with E-state index in [1.165, 1.54) is 11.8 Å². The molecule has 1 amide bonds. The SMILES string of the molecule is CSc1ccccc1NC(=O)COC(=O)c1cc(F)cc(F)c1. The summed E-state index contributed by atoms with van der Waals surface area (Å²) in [5.41, 5.74) is 0.303. The van der Waals surface area contributed by atoms with Crippen molar-refractivity contribution in [1.29, 1.82) is 0 Å². The first-order valence-corrected chi connectivity index (χ1v) is 7.78. The van der Waals surface area contributed by atoms with Crippen LogP contribution in [0.25, 0.3) is 0 Å². The molecule has 0 bridgehead atoms. The summed E-state index contributed by atoms with van der Waals surface area (Å²) in [7, 11) is 0. The molecule has 0 saturated carbocycles. The fourth-order valence-electron chi connectivity index (χ4n) is 1.82. The first-order valence-electron chi connectivity index (χ1n) is 6.55. The van der Waals surface area contributed by atoms with Gasteiger partial charge in [-0.2, -0.15) is 0 Å². The molecular formula is C16H13F2NO3S. The van der Waals surface area contributed by atoms with Crippen LogP contribution in [0, 0.1) is 11.6 Å². The van der Waals surface area contributed by atoms with Crippen molar-refractivity contribution < 1.29 is 23.1 Å². The van der Waals surface area contributed by atoms with E-state index in [-0.39, 0.29) is 5.56 Å². The van der Waals surface area contributed by atoms with E-state index in [0.717, 1.165) is 17.0 Å². The van der Waals surface area contributed by atoms with Crippen molar-refractivity contribution >= 4 is 29.3 Å². The molecule has 120 valence electrons. The number of thioether (sulfide) groups is 1. The second kappa shape index (κ2) is 7.73. The summed E-state index contributed by atoms with van der Waals surface area (Å²) in [5, 5.41) is 2.61. The highest BCUT2D eigenvalue weighted by atomic mass is 32.2. The van der Waals surface area contributed by atoms with Crippen LogP contribution in [-0.2, 0) is 9.53 Å². The predicted molar refractivity (Wildman–Crippen MR) is 83.5 cm³/mol. The molecular weight excluding hydrogens is 324 g/mol. The number of amides is 1. The summed E-state index contributed by atoms with van der Waals surface area (Å²) in [5.74, 6) is -3.31. The Kier molecular flexibility index (Phi) is 5.70. The summed E-state index contributed by atoms with van der Waals surface area (Å²) >= 11 is 1.46. The second-order valence-corrected chi connectivity index (χ2v) is 5.33. The van der Waals surface area contributed by atoms with Crippen LogP contribution in [0.2, 0.25) is 0 Å². The number of hydrogen-bond acceptors (Lipinski definition) is 4. The normalized spacial score (nSPS) is 10.2. The van der Waals surface area contributed by atoms with Crippen molar-refractivity contribution in [2.45, 2.75) is 4.90 Å². The number of esters is 1. The Morgan fingerprint density at radius 3 is 2.43 bits per heavy atom. The van der Waals surface area contributed by atoms with Gasteiger partial charge in [-0.3, -0.25) is 4.79 Å². The van der Waals surface area contributed by atoms with E-state index in [0.29, 0.717) is 11.8 Å². The van der Waals surface area contributed by atoms with E-state index < -0.39 is 30.1 Å². The minimum absolute atomic E-state index is 0.292. The Hall–Kier alpha value is -2.41. The number of halogens is 2. The van der Waals surface area contributed by atoms with Crippen molar-refractivity contribution in [1.82, 2.24) is 0 Å². The molecule has 0 saturated heterocycles. The van der Waals surface area contributed by atoms with Crippen molar-refractivity contribution in [3.05, 3.63) is 59.7 Å². The molecule has 0 aliphatic carbocycles. The van der Waals surface area contributed by atoms with Crippen LogP contribution in [0.1, 0.15) is 10.4 Å². The van der Waals surface area contributed by atoms with Crippen LogP contribution in [0.4, 0.5) is 14.5 Å². The summed E-state index contributed by atoms with van der Waals surface area (Å²) in [6.45, 7) is -0.556. The molecule has 0 radical (unpaired) electrons. The molecule has 2 aromatic rings. The fourth-order valence-corrected chi connectivity index (χ4v) is 2.37. The topological polar surface area (TPSA) is 55.4 Å². The highest BCUT2D eigenvalue weighted by molar-refractivity contribution is 7.98. The van der Waals surface area contributed by atoms with Crippen molar-refractivity contribution in [2.75, 3.05) is 18.2 Å². The van der Waals surface area contributed by atoms with E-state index in [1.807, 2.05) is 18.4 Å². The molecule has 4 nitrogen and oxygen atoms in total. The standard InChI is InChI=1S/C16H13F2NO3S/c1-23-14-5-3-2-4-13(14)19-15(20)9-22-16(21)10-6-11(17)8-12(18)7-10/h2-8H,9H2,1H3,(H,19,20). The van der Waals surface area contributed by atoms with Crippen molar-refractivity contribution in [2.24, 2.45) is 0 Å². The molecule has 0 aliphatic heterocycles. The van der Waals surface area contributed by atoms with Gasteiger partial charge in [-0.05, 0) is 30.5 Å². The molecule has 0 unspecified atom stereocenters. The lowest BCUT2D eigenvalue weighted by molar-refractivity contribution is -0.119. The van der Waals surface area contributed by atoms with Crippen LogP contribution in [0.15, 0.2) is 47.4 Å². The van der Waals surface area contributed by atoms with Gasteiger partial charge in [0.15, 0.2) is 6.61 Å². The van der Waals surface area contributed by atoms with Crippen LogP contribution in [-0.4, -0.2) is 24.7 Å². The van der Waals surface area contributed by atoms with E-state index in [9.17, 15) is 18.4 Å². The molecule has 2 aromatic carbocycles. The van der Waals surface area contributed by atoms with Crippen LogP contribution >= 0.6 is 11.8 Å². The minimum atomic E-state index is -0.975. The maximum absolute atomic E-state index is 13.0. The Morgan fingerprint density at radius 2 is 1.78 bits per heavy atom. The van der Waals surface area contributed by atoms with Gasteiger partial charge in [-0.1, -0.05) is 12.1 Å². The molecule has 0 atom stereocenters. The smallest absolute Gasteiger partial charge is 0.338 e. The number of carbonyl (C=O) groups excluding carboxylic acids is 2. The summed E-state index contributed by atoms with van der Waals surface area (Å²) in [6, 6.07) is 9.47. The van der Waals surface area contributed by atoms with Crippen molar-refractivity contribution in [3.8, 4) is 0 Å². The monoisotopic (exact) mass is 337 g/mol. The van der Waals surface area contributed by atoms with E-state index >= 15 is 0 Å². The Bertz CT molecular complexity index is 717. The summed E-state index contributed by atoms with van der Waals surface area (Å²) in [4.78, 5) is 24.4. The van der Waals surface area contributed by atoms with Gasteiger partial charge in [0.1, 0.15) is 11.6 Å². The average Bonchev–Trinajstić information content (AvgIpc) is 2.52. The van der Waals surface area contributed by atoms with Crippen LogP contribution in [0.3, 0.4) is 0 Å². The van der Waals surface area contributed by atoms with E-state index in [1.54, 1.807) is 12.1 Å². The minimum Gasteiger partial charge on any atom is -0.452 e. The molecule has 0 aromatic heterocycles. The second-order valence-electron chi connectivity index (χ2n) is 4.48. The van der Waals surface area contributed by atoms with Gasteiger partial charge >= 0.3 is 5.97 Å². The first kappa shape index (κ1) is 17.0. The molecule has 2 rings (SSSR count). The largest absolute Gasteiger partial charge is 0.452 e.